The molecule has 2 aliphatic rings. The summed E-state index contributed by atoms with van der Waals surface area (Å²) in [6.07, 6.45) is 2.14. The van der Waals surface area contributed by atoms with Gasteiger partial charge < -0.3 is 20.3 Å². The lowest BCUT2D eigenvalue weighted by Crippen LogP contribution is -2.49. The van der Waals surface area contributed by atoms with Crippen molar-refractivity contribution in [2.75, 3.05) is 52.5 Å². The van der Waals surface area contributed by atoms with Crippen molar-refractivity contribution in [2.45, 2.75) is 12.8 Å². The van der Waals surface area contributed by atoms with E-state index in [0.29, 0.717) is 25.7 Å². The summed E-state index contributed by atoms with van der Waals surface area (Å²) in [5.41, 5.74) is 5.57. The lowest BCUT2D eigenvalue weighted by Gasteiger charge is -2.36. The largest absolute Gasteiger partial charge is 0.378 e. The summed E-state index contributed by atoms with van der Waals surface area (Å²) in [5, 5.41) is 0. The first-order valence-corrected chi connectivity index (χ1v) is 6.60. The Morgan fingerprint density at radius 3 is 2.76 bits per heavy atom. The van der Waals surface area contributed by atoms with Crippen LogP contribution in [0, 0.1) is 5.92 Å². The van der Waals surface area contributed by atoms with Crippen LogP contribution in [0.15, 0.2) is 0 Å². The smallest absolute Gasteiger partial charge is 0.227 e. The van der Waals surface area contributed by atoms with Crippen LogP contribution in [-0.2, 0) is 9.53 Å². The highest BCUT2D eigenvalue weighted by Gasteiger charge is 2.29. The molecule has 1 amide bonds. The van der Waals surface area contributed by atoms with Gasteiger partial charge in [0.05, 0.1) is 19.1 Å². The summed E-state index contributed by atoms with van der Waals surface area (Å²) in [5.74, 6) is 0.489. The van der Waals surface area contributed by atoms with Gasteiger partial charge in [-0.25, -0.2) is 0 Å². The molecule has 5 nitrogen and oxygen atoms in total. The average Bonchev–Trinajstić information content (AvgIpc) is 2.40. The molecule has 2 rings (SSSR count). The maximum atomic E-state index is 12.3. The van der Waals surface area contributed by atoms with Crippen LogP contribution in [0.4, 0.5) is 0 Å². The number of carbonyl (C=O) groups is 1. The Morgan fingerprint density at radius 2 is 2.06 bits per heavy atom. The molecule has 1 atom stereocenters. The van der Waals surface area contributed by atoms with Gasteiger partial charge in [-0.15, -0.1) is 0 Å². The van der Waals surface area contributed by atoms with Crippen LogP contribution in [-0.4, -0.2) is 68.2 Å². The van der Waals surface area contributed by atoms with Crippen LogP contribution >= 0.6 is 0 Å². The highest BCUT2D eigenvalue weighted by atomic mass is 16.5. The normalized spacial score (nSPS) is 27.1. The number of carbonyl (C=O) groups excluding carboxylic acids is 1. The fourth-order valence-electron chi connectivity index (χ4n) is 2.68. The van der Waals surface area contributed by atoms with Gasteiger partial charge in [0.15, 0.2) is 0 Å². The topological polar surface area (TPSA) is 58.8 Å². The molecule has 2 N–H and O–H groups in total. The van der Waals surface area contributed by atoms with Gasteiger partial charge in [0.25, 0.3) is 0 Å². The number of hydrogen-bond donors (Lipinski definition) is 1. The van der Waals surface area contributed by atoms with Crippen molar-refractivity contribution in [2.24, 2.45) is 11.7 Å². The number of likely N-dealkylation sites (tertiary alicyclic amines) is 1. The van der Waals surface area contributed by atoms with Crippen molar-refractivity contribution in [3.8, 4) is 0 Å². The molecule has 0 aliphatic carbocycles. The first-order valence-electron chi connectivity index (χ1n) is 6.60. The van der Waals surface area contributed by atoms with Crippen LogP contribution in [0.1, 0.15) is 12.8 Å². The minimum atomic E-state index is 0.174. The maximum Gasteiger partial charge on any atom is 0.227 e. The number of ether oxygens (including phenoxy) is 1. The Morgan fingerprint density at radius 1 is 1.29 bits per heavy atom. The zero-order chi connectivity index (χ0) is 12.1. The van der Waals surface area contributed by atoms with Crippen LogP contribution < -0.4 is 5.73 Å². The third kappa shape index (κ3) is 3.40. The molecule has 0 aromatic carbocycles. The van der Waals surface area contributed by atoms with Gasteiger partial charge in [-0.1, -0.05) is 0 Å². The number of rotatable bonds is 3. The van der Waals surface area contributed by atoms with Crippen LogP contribution in [0.25, 0.3) is 0 Å². The molecule has 0 bridgehead atoms. The minimum absolute atomic E-state index is 0.174. The van der Waals surface area contributed by atoms with E-state index in [9.17, 15) is 4.79 Å². The van der Waals surface area contributed by atoms with E-state index in [1.165, 1.54) is 0 Å². The summed E-state index contributed by atoms with van der Waals surface area (Å²) in [4.78, 5) is 16.6. The number of hydrogen-bond acceptors (Lipinski definition) is 4. The Bertz CT molecular complexity index is 252. The predicted octanol–water partition coefficient (Wildman–Crippen LogP) is -0.484. The molecule has 2 heterocycles. The monoisotopic (exact) mass is 241 g/mol. The van der Waals surface area contributed by atoms with Gasteiger partial charge in [-0.2, -0.15) is 0 Å². The highest BCUT2D eigenvalue weighted by Crippen LogP contribution is 2.19. The Labute approximate surface area is 103 Å². The highest BCUT2D eigenvalue weighted by molar-refractivity contribution is 5.79. The number of morpholine rings is 1. The van der Waals surface area contributed by atoms with E-state index in [2.05, 4.69) is 4.90 Å². The van der Waals surface area contributed by atoms with Crippen molar-refractivity contribution in [1.82, 2.24) is 9.80 Å². The zero-order valence-electron chi connectivity index (χ0n) is 10.4. The molecule has 0 radical (unpaired) electrons. The van der Waals surface area contributed by atoms with Gasteiger partial charge in [0.2, 0.25) is 5.91 Å². The fraction of sp³-hybridized carbons (Fsp3) is 0.917. The first-order chi connectivity index (χ1) is 8.31. The van der Waals surface area contributed by atoms with E-state index < -0.39 is 0 Å². The molecule has 2 aliphatic heterocycles. The molecule has 2 saturated heterocycles. The predicted molar refractivity (Wildman–Crippen MR) is 65.6 cm³/mol. The van der Waals surface area contributed by atoms with E-state index in [1.807, 2.05) is 4.90 Å². The van der Waals surface area contributed by atoms with E-state index in [4.69, 9.17) is 10.5 Å². The molecular formula is C12H23N3O2. The molecular weight excluding hydrogens is 218 g/mol. The number of nitrogens with zero attached hydrogens (tertiary/aromatic N) is 2. The molecule has 2 fully saturated rings. The molecule has 1 unspecified atom stereocenters. The summed E-state index contributed by atoms with van der Waals surface area (Å²) >= 11 is 0. The molecule has 0 aromatic rings. The van der Waals surface area contributed by atoms with Crippen molar-refractivity contribution < 1.29 is 9.53 Å². The summed E-state index contributed by atoms with van der Waals surface area (Å²) in [6.45, 7) is 6.44. The minimum Gasteiger partial charge on any atom is -0.378 e. The fourth-order valence-corrected chi connectivity index (χ4v) is 2.68. The van der Waals surface area contributed by atoms with Gasteiger partial charge in [0, 0.05) is 32.7 Å². The summed E-state index contributed by atoms with van der Waals surface area (Å²) < 4.78 is 5.28. The van der Waals surface area contributed by atoms with Gasteiger partial charge >= 0.3 is 0 Å². The molecule has 0 aromatic heterocycles. The number of amides is 1. The second kappa shape index (κ2) is 6.33. The zero-order valence-corrected chi connectivity index (χ0v) is 10.4. The molecule has 0 spiro atoms. The maximum absolute atomic E-state index is 12.3. The summed E-state index contributed by atoms with van der Waals surface area (Å²) in [6, 6.07) is 0. The van der Waals surface area contributed by atoms with Crippen molar-refractivity contribution in [1.29, 1.82) is 0 Å². The number of piperidine rings is 1. The van der Waals surface area contributed by atoms with E-state index in [0.717, 1.165) is 45.6 Å². The van der Waals surface area contributed by atoms with Crippen LogP contribution in [0.2, 0.25) is 0 Å². The molecule has 17 heavy (non-hydrogen) atoms. The third-order valence-electron chi connectivity index (χ3n) is 3.62. The first kappa shape index (κ1) is 12.8. The second-order valence-electron chi connectivity index (χ2n) is 4.87. The van der Waals surface area contributed by atoms with Gasteiger partial charge in [-0.05, 0) is 19.4 Å². The van der Waals surface area contributed by atoms with Crippen molar-refractivity contribution in [3.05, 3.63) is 0 Å². The van der Waals surface area contributed by atoms with E-state index >= 15 is 0 Å². The van der Waals surface area contributed by atoms with Crippen LogP contribution in [0.5, 0.6) is 0 Å². The van der Waals surface area contributed by atoms with Crippen molar-refractivity contribution in [3.63, 3.8) is 0 Å². The SMILES string of the molecule is NCCN1CCCC(C(=O)N2CCOCC2)C1. The lowest BCUT2D eigenvalue weighted by molar-refractivity contribution is -0.141. The Kier molecular flexibility index (Phi) is 4.76. The second-order valence-corrected chi connectivity index (χ2v) is 4.87. The standard InChI is InChI=1S/C12H23N3O2/c13-3-5-14-4-1-2-11(10-14)12(16)15-6-8-17-9-7-15/h11H,1-10,13H2. The van der Waals surface area contributed by atoms with E-state index in [-0.39, 0.29) is 5.92 Å². The molecule has 98 valence electrons. The Hall–Kier alpha value is -0.650. The quantitative estimate of drug-likeness (QED) is 0.725. The molecule has 5 heteroatoms. The van der Waals surface area contributed by atoms with Gasteiger partial charge in [0.1, 0.15) is 0 Å². The molecule has 0 saturated carbocycles. The van der Waals surface area contributed by atoms with Crippen LogP contribution in [0.3, 0.4) is 0 Å². The summed E-state index contributed by atoms with van der Waals surface area (Å²) in [7, 11) is 0. The third-order valence-corrected chi connectivity index (χ3v) is 3.62. The number of nitrogens with two attached hydrogens (primary N) is 1. The van der Waals surface area contributed by atoms with E-state index in [1.54, 1.807) is 0 Å². The van der Waals surface area contributed by atoms with Gasteiger partial charge in [-0.3, -0.25) is 4.79 Å². The Balaban J connectivity index is 1.85. The lowest BCUT2D eigenvalue weighted by atomic mass is 9.96. The average molecular weight is 241 g/mol. The van der Waals surface area contributed by atoms with Crippen molar-refractivity contribution >= 4 is 5.91 Å².